The largest absolute Gasteiger partial charge is 0.495 e. The molecule has 3 amide bonds. The molecule has 35 heteroatoms. The van der Waals surface area contributed by atoms with E-state index in [-0.39, 0.29) is 153 Å². The van der Waals surface area contributed by atoms with Crippen LogP contribution in [0, 0.1) is 84.0 Å². The fourth-order valence-electron chi connectivity index (χ4n) is 16.2. The number of halogens is 9. The van der Waals surface area contributed by atoms with Gasteiger partial charge in [-0.3, -0.25) is 14.4 Å². The summed E-state index contributed by atoms with van der Waals surface area (Å²) < 4.78 is 227. The first kappa shape index (κ1) is 79.2. The van der Waals surface area contributed by atoms with Crippen molar-refractivity contribution in [2.24, 2.45) is 35.0 Å². The Kier molecular flexibility index (Phi) is 24.6. The van der Waals surface area contributed by atoms with Crippen molar-refractivity contribution >= 4 is 47.8 Å². The van der Waals surface area contributed by atoms with Gasteiger partial charge in [-0.15, -0.1) is 0 Å². The molecule has 106 heavy (non-hydrogen) atoms. The second-order valence-electron chi connectivity index (χ2n) is 28.0. The number of ether oxygens (including phenoxy) is 3. The number of hydrogen-bond donors (Lipinski definition) is 6. The van der Waals surface area contributed by atoms with E-state index in [0.29, 0.717) is 81.4 Å². The minimum absolute atomic E-state index is 0.0193. The summed E-state index contributed by atoms with van der Waals surface area (Å²) in [4.78, 5) is 44.0. The molecule has 23 nitrogen and oxygen atoms in total. The van der Waals surface area contributed by atoms with E-state index in [4.69, 9.17) is 35.9 Å². The van der Waals surface area contributed by atoms with Gasteiger partial charge in [0.05, 0.1) is 31.6 Å². The van der Waals surface area contributed by atoms with Gasteiger partial charge in [0, 0.05) is 78.6 Å². The van der Waals surface area contributed by atoms with Crippen molar-refractivity contribution in [1.29, 1.82) is 0 Å². The van der Waals surface area contributed by atoms with Crippen molar-refractivity contribution in [3.05, 3.63) is 159 Å². The number of nitrogens with zero attached hydrogens (tertiary/aromatic N) is 4. The van der Waals surface area contributed by atoms with E-state index in [1.165, 1.54) is 51.3 Å². The van der Waals surface area contributed by atoms with Crippen molar-refractivity contribution in [2.75, 3.05) is 40.0 Å². The van der Waals surface area contributed by atoms with Gasteiger partial charge in [-0.25, -0.2) is 78.9 Å². The summed E-state index contributed by atoms with van der Waals surface area (Å²) in [6, 6.07) is 12.4. The maximum atomic E-state index is 14.1. The maximum Gasteiger partial charge on any atom is 0.246 e. The van der Waals surface area contributed by atoms with Gasteiger partial charge in [-0.05, 0) is 187 Å². The Hall–Kier alpha value is -7.90. The number of rotatable bonds is 22. The zero-order valence-corrected chi connectivity index (χ0v) is 60.5. The van der Waals surface area contributed by atoms with Crippen molar-refractivity contribution in [2.45, 2.75) is 179 Å². The summed E-state index contributed by atoms with van der Waals surface area (Å²) in [6.45, 7) is 2.53. The summed E-state index contributed by atoms with van der Waals surface area (Å²) in [5.74, 6) is -9.58. The van der Waals surface area contributed by atoms with Crippen LogP contribution >= 0.6 is 0 Å². The molecular weight excluding hydrogens is 1470 g/mol. The number of methoxy groups -OCH3 is 1. The third kappa shape index (κ3) is 17.8. The first-order valence-electron chi connectivity index (χ1n) is 34.8. The van der Waals surface area contributed by atoms with Gasteiger partial charge < -0.3 is 50.6 Å². The number of sulfonamides is 3. The number of carbonyl (C=O) groups is 3. The quantitative estimate of drug-likeness (QED) is 0.0282. The molecule has 6 aromatic rings. The minimum atomic E-state index is -3.96. The monoisotopic (exact) mass is 1550 g/mol. The first-order valence-corrected chi connectivity index (χ1v) is 39.2. The fraction of sp³-hybridized carbons (Fsp3) is 0.493. The van der Waals surface area contributed by atoms with Crippen LogP contribution in [0.25, 0.3) is 0 Å². The Morgan fingerprint density at radius 2 is 0.830 bits per heavy atom. The average molecular weight is 1550 g/mol. The highest BCUT2D eigenvalue weighted by Gasteiger charge is 2.48. The van der Waals surface area contributed by atoms with E-state index in [2.05, 4.69) is 19.3 Å². The van der Waals surface area contributed by atoms with Crippen LogP contribution < -0.4 is 45.6 Å². The number of nitrogens with one attached hydrogen (secondary N) is 3. The lowest BCUT2D eigenvalue weighted by Crippen LogP contribution is -2.52. The van der Waals surface area contributed by atoms with Crippen molar-refractivity contribution in [1.82, 2.24) is 34.0 Å². The summed E-state index contributed by atoms with van der Waals surface area (Å²) in [5, 5.41) is 3.64. The zero-order chi connectivity index (χ0) is 76.4. The third-order valence-corrected chi connectivity index (χ3v) is 25.8. The molecule has 6 fully saturated rings. The Labute approximate surface area is 607 Å². The second kappa shape index (κ2) is 32.9. The van der Waals surface area contributed by atoms with Gasteiger partial charge in [-0.2, -0.15) is 0 Å². The summed E-state index contributed by atoms with van der Waals surface area (Å²) in [7, 11) is -10.5. The molecule has 0 spiro atoms. The number of hydrogen-bond acceptors (Lipinski definition) is 17. The van der Waals surface area contributed by atoms with E-state index < -0.39 is 107 Å². The lowest BCUT2D eigenvalue weighted by Gasteiger charge is -2.41. The maximum absolute atomic E-state index is 14.1. The second-order valence-corrected chi connectivity index (χ2v) is 33.2. The normalized spacial score (nSPS) is 23.3. The molecule has 6 saturated heterocycles. The lowest BCUT2D eigenvalue weighted by atomic mass is 9.82. The van der Waals surface area contributed by atoms with Crippen LogP contribution in [0.2, 0.25) is 0 Å². The average Bonchev–Trinajstić information content (AvgIpc) is 1.19. The Morgan fingerprint density at radius 1 is 0.481 bits per heavy atom. The summed E-state index contributed by atoms with van der Waals surface area (Å²) >= 11 is 0. The van der Waals surface area contributed by atoms with Crippen LogP contribution in [0.4, 0.5) is 39.5 Å². The highest BCUT2D eigenvalue weighted by Crippen LogP contribution is 2.44. The topological polar surface area (TPSA) is 331 Å². The number of aryl methyl sites for hydroxylation is 2. The van der Waals surface area contributed by atoms with E-state index in [1.807, 2.05) is 0 Å². The van der Waals surface area contributed by atoms with E-state index >= 15 is 0 Å². The molecule has 6 bridgehead atoms. The molecule has 0 saturated carbocycles. The molecular formula is C71H83F9N10O13S3. The van der Waals surface area contributed by atoms with Crippen LogP contribution in [0.5, 0.6) is 17.2 Å². The Bertz CT molecular complexity index is 4570. The van der Waals surface area contributed by atoms with E-state index in [0.717, 1.165) is 56.7 Å². The van der Waals surface area contributed by atoms with Crippen LogP contribution in [-0.2, 0) is 63.7 Å². The molecule has 5 aromatic carbocycles. The lowest BCUT2D eigenvalue weighted by molar-refractivity contribution is -0.136. The minimum Gasteiger partial charge on any atom is -0.495 e. The van der Waals surface area contributed by atoms with Crippen molar-refractivity contribution in [3.63, 3.8) is 0 Å². The van der Waals surface area contributed by atoms with Crippen molar-refractivity contribution in [3.8, 4) is 17.2 Å². The third-order valence-electron chi connectivity index (χ3n) is 21.3. The van der Waals surface area contributed by atoms with Gasteiger partial charge >= 0.3 is 0 Å². The number of benzene rings is 5. The molecule has 12 atom stereocenters. The van der Waals surface area contributed by atoms with Crippen LogP contribution in [0.1, 0.15) is 105 Å². The zero-order valence-electron chi connectivity index (χ0n) is 58.0. The molecule has 576 valence electrons. The molecule has 9 N–H and O–H groups in total. The SMILES string of the molecule is COc1ccccc1S(=O)(=O)NCC(=O)N1[C@@H]2CC[C@H]1CC([C@H](N)Cc1cc(F)c(F)cc1F)C2.Cc1noc(C)c1S(=O)(=O)NCC(=O)N1[C@@H]2CC[C@H]1CC([C@H](N)Cc1cc(F)c(F)cc1F)C2.N[C@H](Cc1cc(F)c(F)cc1F)C1C[C@H]2CC[C@@H](C1)N2C(=O)CNS(=O)(=O)c1ccc2c(c1)OCCO2. The van der Waals surface area contributed by atoms with Crippen LogP contribution in [0.15, 0.2) is 98.1 Å². The fourth-order valence-corrected chi connectivity index (χ4v) is 19.6. The van der Waals surface area contributed by atoms with Crippen LogP contribution in [0.3, 0.4) is 0 Å². The van der Waals surface area contributed by atoms with E-state index in [9.17, 15) is 79.2 Å². The highest BCUT2D eigenvalue weighted by molar-refractivity contribution is 7.90. The number of nitrogens with two attached hydrogens (primary N) is 3. The molecule has 0 aliphatic carbocycles. The number of aromatic nitrogens is 1. The first-order chi connectivity index (χ1) is 50.2. The molecule has 7 aliphatic heterocycles. The number of carbonyl (C=O) groups excluding carboxylic acids is 3. The standard InChI is InChI=1S/C25H28F3N3O5S.C24H28F3N3O4S.C22H27F3N4O4S/c26-19-12-21(28)20(27)9-14(19)10-22(29)15-7-16-1-2-17(8-15)31(16)25(32)13-30-37(33,34)18-3-4-23-24(11-18)36-6-5-35-23;1-34-22-4-2-3-5-23(22)35(32,33)29-13-24(31)30-16-6-7-17(30)9-15(8-16)21(28)11-14-10-19(26)20(27)12-18(14)25;1-11-22(12(2)33-28-11)34(31,32)27-10-21(30)29-15-3-4-16(29)6-14(5-15)20(26)8-13-7-18(24)19(25)9-17(13)23/h3-4,9,11-12,15-17,22,30H,1-2,5-8,10,13,29H2;2-5,10,12,15-17,21,29H,6-9,11,13,28H2,1H3;7,9,14-16,20,27H,3-6,8,10,26H2,1-2H3/t15?,16-,17+,22-;15?,16-,17+,21-;14?,15-,16+,20-/m111/s1. The predicted molar refractivity (Wildman–Crippen MR) is 365 cm³/mol. The molecule has 1 aromatic heterocycles. The van der Waals surface area contributed by atoms with Crippen molar-refractivity contribution < 1.29 is 97.9 Å². The molecule has 7 aliphatic rings. The predicted octanol–water partition coefficient (Wildman–Crippen LogP) is 7.55. The number of fused-ring (bicyclic) bond motifs is 7. The highest BCUT2D eigenvalue weighted by atomic mass is 32.2. The van der Waals surface area contributed by atoms with Gasteiger partial charge in [0.1, 0.15) is 51.9 Å². The number of para-hydroxylation sites is 1. The molecule has 8 heterocycles. The molecule has 3 unspecified atom stereocenters. The number of piperidine rings is 3. The van der Waals surface area contributed by atoms with Gasteiger partial charge in [0.15, 0.2) is 52.2 Å². The number of amides is 3. The Balaban J connectivity index is 0.000000159. The Morgan fingerprint density at radius 3 is 1.20 bits per heavy atom. The van der Waals surface area contributed by atoms with E-state index in [1.54, 1.807) is 26.8 Å². The summed E-state index contributed by atoms with van der Waals surface area (Å²) in [6.07, 6.45) is 8.17. The smallest absolute Gasteiger partial charge is 0.246 e. The van der Waals surface area contributed by atoms with Gasteiger partial charge in [-0.1, -0.05) is 17.3 Å². The van der Waals surface area contributed by atoms with Crippen LogP contribution in [-0.4, -0.2) is 157 Å². The van der Waals surface area contributed by atoms with Gasteiger partial charge in [0.25, 0.3) is 0 Å². The van der Waals surface area contributed by atoms with Gasteiger partial charge in [0.2, 0.25) is 47.8 Å². The molecule has 0 radical (unpaired) electrons. The summed E-state index contributed by atoms with van der Waals surface area (Å²) in [5.41, 5.74) is 19.3. The molecule has 13 rings (SSSR count).